The van der Waals surface area contributed by atoms with E-state index in [1.807, 2.05) is 0 Å². The van der Waals surface area contributed by atoms with Gasteiger partial charge in [0.2, 0.25) is 0 Å². The molecule has 0 aliphatic carbocycles. The minimum Gasteiger partial charge on any atom is -0.345 e. The fraction of sp³-hybridized carbons (Fsp3) is 0.188. The second-order valence-corrected chi connectivity index (χ2v) is 7.58. The van der Waals surface area contributed by atoms with E-state index < -0.39 is 21.6 Å². The van der Waals surface area contributed by atoms with Crippen molar-refractivity contribution in [1.29, 1.82) is 0 Å². The van der Waals surface area contributed by atoms with Crippen molar-refractivity contribution < 1.29 is 17.6 Å². The summed E-state index contributed by atoms with van der Waals surface area (Å²) in [6, 6.07) is 9.41. The van der Waals surface area contributed by atoms with Crippen LogP contribution in [0.15, 0.2) is 47.4 Å². The van der Waals surface area contributed by atoms with E-state index >= 15 is 0 Å². The van der Waals surface area contributed by atoms with Gasteiger partial charge in [-0.3, -0.25) is 4.79 Å². The highest BCUT2D eigenvalue weighted by molar-refractivity contribution is 7.90. The highest BCUT2D eigenvalue weighted by Crippen LogP contribution is 2.20. The van der Waals surface area contributed by atoms with Gasteiger partial charge in [-0.05, 0) is 42.8 Å². The highest BCUT2D eigenvalue weighted by Gasteiger charge is 2.15. The molecule has 2 rings (SSSR count). The molecule has 1 amide bonds. The van der Waals surface area contributed by atoms with Crippen molar-refractivity contribution in [3.05, 3.63) is 64.4 Å². The van der Waals surface area contributed by atoms with E-state index in [0.29, 0.717) is 0 Å². The first-order valence-corrected chi connectivity index (χ1v) is 9.01. The molecule has 0 aliphatic heterocycles. The van der Waals surface area contributed by atoms with Crippen LogP contribution < -0.4 is 5.32 Å². The van der Waals surface area contributed by atoms with Gasteiger partial charge in [-0.1, -0.05) is 23.7 Å². The molecular weight excluding hydrogens is 341 g/mol. The normalized spacial score (nSPS) is 12.7. The lowest BCUT2D eigenvalue weighted by Gasteiger charge is -2.15. The Morgan fingerprint density at radius 3 is 2.30 bits per heavy atom. The molecule has 23 heavy (non-hydrogen) atoms. The lowest BCUT2D eigenvalue weighted by molar-refractivity contribution is 0.0940. The summed E-state index contributed by atoms with van der Waals surface area (Å²) in [4.78, 5) is 12.4. The monoisotopic (exact) mass is 355 g/mol. The molecule has 0 heterocycles. The summed E-state index contributed by atoms with van der Waals surface area (Å²) < 4.78 is 35.9. The van der Waals surface area contributed by atoms with Gasteiger partial charge >= 0.3 is 0 Å². The van der Waals surface area contributed by atoms with Crippen molar-refractivity contribution in [2.24, 2.45) is 0 Å². The SMILES string of the molecule is C[C@@H](NC(=O)c1ccc(F)cc1Cl)c1ccc(S(C)(=O)=O)cc1. The molecule has 0 fully saturated rings. The summed E-state index contributed by atoms with van der Waals surface area (Å²) in [5, 5.41) is 2.77. The van der Waals surface area contributed by atoms with Gasteiger partial charge in [0.25, 0.3) is 5.91 Å². The summed E-state index contributed by atoms with van der Waals surface area (Å²) in [6.07, 6.45) is 1.13. The summed E-state index contributed by atoms with van der Waals surface area (Å²) >= 11 is 5.86. The molecule has 0 aliphatic rings. The standard InChI is InChI=1S/C16H15ClFNO3S/c1-10(11-3-6-13(7-4-11)23(2,21)22)19-16(20)14-8-5-12(18)9-15(14)17/h3-10H,1-2H3,(H,19,20)/t10-/m1/s1. The molecule has 0 unspecified atom stereocenters. The Morgan fingerprint density at radius 2 is 1.78 bits per heavy atom. The van der Waals surface area contributed by atoms with Crippen LogP contribution in [0.5, 0.6) is 0 Å². The Hall–Kier alpha value is -1.92. The van der Waals surface area contributed by atoms with Crippen LogP contribution in [0, 0.1) is 5.82 Å². The molecule has 1 atom stereocenters. The zero-order chi connectivity index (χ0) is 17.2. The molecule has 0 spiro atoms. The van der Waals surface area contributed by atoms with Gasteiger partial charge in [-0.15, -0.1) is 0 Å². The van der Waals surface area contributed by atoms with Crippen LogP contribution in [-0.2, 0) is 9.84 Å². The van der Waals surface area contributed by atoms with Crippen LogP contribution in [0.1, 0.15) is 28.9 Å². The zero-order valence-corrected chi connectivity index (χ0v) is 14.1. The number of amides is 1. The first-order chi connectivity index (χ1) is 10.7. The average molecular weight is 356 g/mol. The number of rotatable bonds is 4. The first-order valence-electron chi connectivity index (χ1n) is 6.74. The van der Waals surface area contributed by atoms with Gasteiger partial charge in [0, 0.05) is 6.26 Å². The van der Waals surface area contributed by atoms with E-state index in [-0.39, 0.29) is 21.5 Å². The predicted octanol–water partition coefficient (Wildman–Crippen LogP) is 3.37. The average Bonchev–Trinajstić information content (AvgIpc) is 2.46. The smallest absolute Gasteiger partial charge is 0.253 e. The topological polar surface area (TPSA) is 63.2 Å². The van der Waals surface area contributed by atoms with Gasteiger partial charge in [-0.25, -0.2) is 12.8 Å². The van der Waals surface area contributed by atoms with Crippen LogP contribution in [0.3, 0.4) is 0 Å². The van der Waals surface area contributed by atoms with Gasteiger partial charge in [0.1, 0.15) is 5.82 Å². The predicted molar refractivity (Wildman–Crippen MR) is 86.8 cm³/mol. The molecule has 7 heteroatoms. The second-order valence-electron chi connectivity index (χ2n) is 5.16. The molecule has 0 radical (unpaired) electrons. The number of benzene rings is 2. The maximum atomic E-state index is 13.0. The Bertz CT molecular complexity index is 835. The van der Waals surface area contributed by atoms with Crippen molar-refractivity contribution in [3.8, 4) is 0 Å². The number of hydrogen-bond donors (Lipinski definition) is 1. The number of carbonyl (C=O) groups is 1. The van der Waals surface area contributed by atoms with Crippen molar-refractivity contribution in [2.45, 2.75) is 17.9 Å². The molecule has 0 saturated heterocycles. The highest BCUT2D eigenvalue weighted by atomic mass is 35.5. The van der Waals surface area contributed by atoms with E-state index in [1.165, 1.54) is 18.2 Å². The zero-order valence-electron chi connectivity index (χ0n) is 12.5. The third kappa shape index (κ3) is 4.30. The number of hydrogen-bond acceptors (Lipinski definition) is 3. The van der Waals surface area contributed by atoms with E-state index in [1.54, 1.807) is 19.1 Å². The van der Waals surface area contributed by atoms with Crippen LogP contribution in [-0.4, -0.2) is 20.6 Å². The van der Waals surface area contributed by atoms with Crippen LogP contribution >= 0.6 is 11.6 Å². The largest absolute Gasteiger partial charge is 0.345 e. The van der Waals surface area contributed by atoms with Gasteiger partial charge in [0.15, 0.2) is 9.84 Å². The lowest BCUT2D eigenvalue weighted by atomic mass is 10.1. The Morgan fingerprint density at radius 1 is 1.17 bits per heavy atom. The van der Waals surface area contributed by atoms with Crippen molar-refractivity contribution in [1.82, 2.24) is 5.32 Å². The first kappa shape index (κ1) is 17.4. The minimum atomic E-state index is -3.26. The molecule has 0 bridgehead atoms. The summed E-state index contributed by atoms with van der Waals surface area (Å²) in [6.45, 7) is 1.75. The molecule has 0 saturated carbocycles. The third-order valence-electron chi connectivity index (χ3n) is 3.33. The number of nitrogens with one attached hydrogen (secondary N) is 1. The van der Waals surface area contributed by atoms with E-state index in [9.17, 15) is 17.6 Å². The number of carbonyl (C=O) groups excluding carboxylic acids is 1. The summed E-state index contributed by atoms with van der Waals surface area (Å²) in [5.41, 5.74) is 0.914. The molecule has 2 aromatic rings. The maximum Gasteiger partial charge on any atom is 0.253 e. The van der Waals surface area contributed by atoms with E-state index in [0.717, 1.165) is 24.0 Å². The van der Waals surface area contributed by atoms with Crippen molar-refractivity contribution in [3.63, 3.8) is 0 Å². The minimum absolute atomic E-state index is 0.0297. The van der Waals surface area contributed by atoms with Crippen LogP contribution in [0.2, 0.25) is 5.02 Å². The maximum absolute atomic E-state index is 13.0. The van der Waals surface area contributed by atoms with E-state index in [4.69, 9.17) is 11.6 Å². The second kappa shape index (κ2) is 6.68. The van der Waals surface area contributed by atoms with Gasteiger partial charge in [-0.2, -0.15) is 0 Å². The van der Waals surface area contributed by atoms with Gasteiger partial charge in [0.05, 0.1) is 21.5 Å². The molecular formula is C16H15ClFNO3S. The van der Waals surface area contributed by atoms with E-state index in [2.05, 4.69) is 5.32 Å². The summed E-state index contributed by atoms with van der Waals surface area (Å²) in [7, 11) is -3.26. The quantitative estimate of drug-likeness (QED) is 0.914. The van der Waals surface area contributed by atoms with Crippen LogP contribution in [0.25, 0.3) is 0 Å². The lowest BCUT2D eigenvalue weighted by Crippen LogP contribution is -2.27. The van der Waals surface area contributed by atoms with Crippen LogP contribution in [0.4, 0.5) is 4.39 Å². The molecule has 1 N–H and O–H groups in total. The fourth-order valence-corrected chi connectivity index (χ4v) is 2.92. The Kier molecular flexibility index (Phi) is 5.06. The Labute approximate surface area is 139 Å². The summed E-state index contributed by atoms with van der Waals surface area (Å²) in [5.74, 6) is -0.953. The van der Waals surface area contributed by atoms with Gasteiger partial charge < -0.3 is 5.32 Å². The fourth-order valence-electron chi connectivity index (χ4n) is 2.04. The number of sulfone groups is 1. The van der Waals surface area contributed by atoms with Crippen molar-refractivity contribution >= 4 is 27.3 Å². The molecule has 4 nitrogen and oxygen atoms in total. The third-order valence-corrected chi connectivity index (χ3v) is 4.77. The molecule has 122 valence electrons. The Balaban J connectivity index is 2.15. The molecule has 0 aromatic heterocycles. The molecule has 2 aromatic carbocycles. The van der Waals surface area contributed by atoms with Crippen molar-refractivity contribution in [2.75, 3.05) is 6.26 Å². The number of halogens is 2.